The zero-order valence-electron chi connectivity index (χ0n) is 18.5. The molecular weight excluding hydrogens is 384 g/mol. The Bertz CT molecular complexity index is 782. The smallest absolute Gasteiger partial charge is 0.410 e. The lowest BCUT2D eigenvalue weighted by molar-refractivity contribution is 0.0158. The Morgan fingerprint density at radius 1 is 1.07 bits per heavy atom. The molecule has 2 aliphatic heterocycles. The van der Waals surface area contributed by atoms with Gasteiger partial charge in [-0.05, 0) is 39.2 Å². The molecule has 30 heavy (non-hydrogen) atoms. The summed E-state index contributed by atoms with van der Waals surface area (Å²) in [6.45, 7) is 6.91. The first-order chi connectivity index (χ1) is 14.1. The van der Waals surface area contributed by atoms with Crippen LogP contribution in [-0.4, -0.2) is 83.1 Å². The molecule has 2 aliphatic rings. The Morgan fingerprint density at radius 3 is 2.20 bits per heavy atom. The third-order valence-electron chi connectivity index (χ3n) is 5.45. The third kappa shape index (κ3) is 4.68. The van der Waals surface area contributed by atoms with Gasteiger partial charge in [0, 0.05) is 33.2 Å². The van der Waals surface area contributed by atoms with Crippen LogP contribution in [0, 0.1) is 0 Å². The van der Waals surface area contributed by atoms with Crippen molar-refractivity contribution >= 4 is 18.2 Å². The van der Waals surface area contributed by atoms with Crippen LogP contribution in [0.3, 0.4) is 0 Å². The first-order valence-corrected chi connectivity index (χ1v) is 10.4. The van der Waals surface area contributed by atoms with Gasteiger partial charge in [0.05, 0.1) is 12.6 Å². The fraction of sp³-hybridized carbons (Fsp3) is 0.591. The number of urea groups is 2. The van der Waals surface area contributed by atoms with Crippen LogP contribution in [-0.2, 0) is 4.74 Å². The molecular formula is C22H32N4O4. The summed E-state index contributed by atoms with van der Waals surface area (Å²) in [7, 11) is 3.30. The molecule has 2 saturated heterocycles. The van der Waals surface area contributed by atoms with Crippen LogP contribution in [0.25, 0.3) is 0 Å². The van der Waals surface area contributed by atoms with E-state index >= 15 is 0 Å². The molecule has 1 aromatic rings. The fourth-order valence-corrected chi connectivity index (χ4v) is 4.02. The average Bonchev–Trinajstić information content (AvgIpc) is 3.04. The van der Waals surface area contributed by atoms with Crippen molar-refractivity contribution in [1.29, 1.82) is 0 Å². The standard InChI is InChI=1S/C22H32N4O4/c1-22(2,3)30-21(29)24-13-11-17(12-14-24)26-18(16-9-7-6-8-10-16)15-25(20(26)28)19(27)23(4)5/h6-10,17-18H,11-15H2,1-5H3. The Labute approximate surface area is 178 Å². The van der Waals surface area contributed by atoms with Gasteiger partial charge in [-0.25, -0.2) is 19.3 Å². The number of carbonyl (C=O) groups is 3. The molecule has 1 unspecified atom stereocenters. The van der Waals surface area contributed by atoms with Gasteiger partial charge in [0.2, 0.25) is 0 Å². The molecule has 0 aromatic heterocycles. The predicted octanol–water partition coefficient (Wildman–Crippen LogP) is 3.55. The highest BCUT2D eigenvalue weighted by Crippen LogP contribution is 2.35. The largest absolute Gasteiger partial charge is 0.444 e. The summed E-state index contributed by atoms with van der Waals surface area (Å²) >= 11 is 0. The lowest BCUT2D eigenvalue weighted by atomic mass is 9.99. The normalized spacial score (nSPS) is 20.5. The van der Waals surface area contributed by atoms with Gasteiger partial charge in [0.15, 0.2) is 0 Å². The molecule has 164 valence electrons. The summed E-state index contributed by atoms with van der Waals surface area (Å²) in [6, 6.07) is 9.00. The molecule has 2 heterocycles. The van der Waals surface area contributed by atoms with Crippen molar-refractivity contribution in [3.63, 3.8) is 0 Å². The van der Waals surface area contributed by atoms with Crippen molar-refractivity contribution in [1.82, 2.24) is 19.6 Å². The summed E-state index contributed by atoms with van der Waals surface area (Å²) in [4.78, 5) is 44.5. The average molecular weight is 417 g/mol. The Balaban J connectivity index is 1.76. The van der Waals surface area contributed by atoms with Gasteiger partial charge in [-0.3, -0.25) is 0 Å². The van der Waals surface area contributed by atoms with E-state index in [0.717, 1.165) is 5.56 Å². The lowest BCUT2D eigenvalue weighted by Gasteiger charge is -2.39. The number of carbonyl (C=O) groups excluding carboxylic acids is 3. The molecule has 0 saturated carbocycles. The quantitative estimate of drug-likeness (QED) is 0.739. The maximum atomic E-state index is 13.2. The van der Waals surface area contributed by atoms with Crippen LogP contribution in [0.15, 0.2) is 30.3 Å². The van der Waals surface area contributed by atoms with E-state index in [1.807, 2.05) is 56.0 Å². The second-order valence-electron chi connectivity index (χ2n) is 9.10. The van der Waals surface area contributed by atoms with Gasteiger partial charge in [-0.2, -0.15) is 0 Å². The minimum atomic E-state index is -0.537. The van der Waals surface area contributed by atoms with Crippen molar-refractivity contribution in [2.24, 2.45) is 0 Å². The topological polar surface area (TPSA) is 73.4 Å². The van der Waals surface area contributed by atoms with Crippen LogP contribution in [0.1, 0.15) is 45.2 Å². The van der Waals surface area contributed by atoms with Gasteiger partial charge in [0.25, 0.3) is 0 Å². The Morgan fingerprint density at radius 2 is 1.67 bits per heavy atom. The van der Waals surface area contributed by atoms with Gasteiger partial charge >= 0.3 is 18.2 Å². The lowest BCUT2D eigenvalue weighted by Crippen LogP contribution is -2.50. The van der Waals surface area contributed by atoms with Crippen molar-refractivity contribution in [2.75, 3.05) is 33.7 Å². The number of nitrogens with zero attached hydrogens (tertiary/aromatic N) is 4. The third-order valence-corrected chi connectivity index (χ3v) is 5.45. The number of imide groups is 1. The minimum absolute atomic E-state index is 0.0404. The van der Waals surface area contributed by atoms with Crippen LogP contribution in [0.4, 0.5) is 14.4 Å². The summed E-state index contributed by atoms with van der Waals surface area (Å²) in [5.74, 6) is 0. The minimum Gasteiger partial charge on any atom is -0.444 e. The van der Waals surface area contributed by atoms with E-state index in [1.165, 1.54) is 9.80 Å². The van der Waals surface area contributed by atoms with E-state index in [4.69, 9.17) is 4.74 Å². The second kappa shape index (κ2) is 8.53. The maximum absolute atomic E-state index is 13.2. The number of ether oxygens (including phenoxy) is 1. The number of benzene rings is 1. The van der Waals surface area contributed by atoms with E-state index in [9.17, 15) is 14.4 Å². The maximum Gasteiger partial charge on any atom is 0.410 e. The summed E-state index contributed by atoms with van der Waals surface area (Å²) in [5.41, 5.74) is 0.471. The molecule has 3 rings (SSSR count). The number of likely N-dealkylation sites (tertiary alicyclic amines) is 1. The molecule has 0 N–H and O–H groups in total. The van der Waals surface area contributed by atoms with Gasteiger partial charge in [0.1, 0.15) is 5.60 Å². The Hall–Kier alpha value is -2.77. The zero-order valence-corrected chi connectivity index (χ0v) is 18.5. The fourth-order valence-electron chi connectivity index (χ4n) is 4.02. The highest BCUT2D eigenvalue weighted by atomic mass is 16.6. The van der Waals surface area contributed by atoms with E-state index < -0.39 is 5.60 Å². The van der Waals surface area contributed by atoms with Crippen molar-refractivity contribution < 1.29 is 19.1 Å². The van der Waals surface area contributed by atoms with E-state index in [2.05, 4.69) is 0 Å². The number of hydrogen-bond acceptors (Lipinski definition) is 4. The second-order valence-corrected chi connectivity index (χ2v) is 9.10. The number of rotatable bonds is 2. The predicted molar refractivity (Wildman–Crippen MR) is 113 cm³/mol. The molecule has 0 radical (unpaired) electrons. The summed E-state index contributed by atoms with van der Waals surface area (Å²) < 4.78 is 5.47. The molecule has 8 heteroatoms. The summed E-state index contributed by atoms with van der Waals surface area (Å²) in [6.07, 6.45) is 0.981. The number of piperidine rings is 1. The highest BCUT2D eigenvalue weighted by molar-refractivity contribution is 5.95. The van der Waals surface area contributed by atoms with Crippen molar-refractivity contribution in [2.45, 2.75) is 51.3 Å². The van der Waals surface area contributed by atoms with Gasteiger partial charge < -0.3 is 19.4 Å². The summed E-state index contributed by atoms with van der Waals surface area (Å²) in [5, 5.41) is 0. The van der Waals surface area contributed by atoms with Crippen LogP contribution in [0.2, 0.25) is 0 Å². The molecule has 0 aliphatic carbocycles. The van der Waals surface area contributed by atoms with E-state index in [0.29, 0.717) is 32.5 Å². The SMILES string of the molecule is CN(C)C(=O)N1CC(c2ccccc2)N(C2CCN(C(=O)OC(C)(C)C)CC2)C1=O. The monoisotopic (exact) mass is 416 g/mol. The first kappa shape index (κ1) is 21.9. The van der Waals surface area contributed by atoms with Gasteiger partial charge in [-0.15, -0.1) is 0 Å². The first-order valence-electron chi connectivity index (χ1n) is 10.4. The van der Waals surface area contributed by atoms with Gasteiger partial charge in [-0.1, -0.05) is 30.3 Å². The van der Waals surface area contributed by atoms with E-state index in [1.54, 1.807) is 19.0 Å². The highest BCUT2D eigenvalue weighted by Gasteiger charge is 2.46. The van der Waals surface area contributed by atoms with Crippen molar-refractivity contribution in [3.8, 4) is 0 Å². The van der Waals surface area contributed by atoms with E-state index in [-0.39, 0.29) is 30.2 Å². The molecule has 0 bridgehead atoms. The molecule has 1 aromatic carbocycles. The molecule has 8 nitrogen and oxygen atoms in total. The van der Waals surface area contributed by atoms with Crippen LogP contribution in [0.5, 0.6) is 0 Å². The van der Waals surface area contributed by atoms with Crippen LogP contribution >= 0.6 is 0 Å². The number of amides is 5. The number of hydrogen-bond donors (Lipinski definition) is 0. The molecule has 5 amide bonds. The van der Waals surface area contributed by atoms with Crippen LogP contribution < -0.4 is 0 Å². The zero-order chi connectivity index (χ0) is 22.1. The molecule has 0 spiro atoms. The molecule has 2 fully saturated rings. The Kier molecular flexibility index (Phi) is 6.24. The van der Waals surface area contributed by atoms with Crippen molar-refractivity contribution in [3.05, 3.63) is 35.9 Å². The molecule has 1 atom stereocenters.